The van der Waals surface area contributed by atoms with E-state index in [-0.39, 0.29) is 0 Å². The Labute approximate surface area is 89.4 Å². The van der Waals surface area contributed by atoms with Crippen molar-refractivity contribution >= 4 is 0 Å². The van der Waals surface area contributed by atoms with Crippen LogP contribution in [-0.4, -0.2) is 0 Å². The normalized spacial score (nSPS) is 13.2. The van der Waals surface area contributed by atoms with E-state index in [0.717, 1.165) is 5.92 Å². The van der Waals surface area contributed by atoms with Crippen molar-refractivity contribution in [2.45, 2.75) is 53.4 Å². The molecular formula is C14H24. The maximum atomic E-state index is 2.26. The van der Waals surface area contributed by atoms with Crippen LogP contribution >= 0.6 is 0 Å². The van der Waals surface area contributed by atoms with Gasteiger partial charge in [0, 0.05) is 0 Å². The van der Waals surface area contributed by atoms with Crippen molar-refractivity contribution < 1.29 is 0 Å². The summed E-state index contributed by atoms with van der Waals surface area (Å²) in [6.45, 7) is 10.1. The molecular weight excluding hydrogens is 168 g/mol. The highest BCUT2D eigenvalue weighted by molar-refractivity contribution is 5.27. The van der Waals surface area contributed by atoms with Crippen LogP contribution in [0.25, 0.3) is 0 Å². The van der Waals surface area contributed by atoms with Crippen molar-refractivity contribution in [1.29, 1.82) is 0 Å². The average Bonchev–Trinajstić information content (AvgIpc) is 3.09. The Hall–Kier alpha value is -0.780. The minimum atomic E-state index is 0.903. The zero-order chi connectivity index (χ0) is 11.0. The molecule has 0 heteroatoms. The van der Waals surface area contributed by atoms with Crippen LogP contribution in [0.2, 0.25) is 0 Å². The molecule has 0 saturated heterocycles. The Kier molecular flexibility index (Phi) is 7.18. The highest BCUT2D eigenvalue weighted by Crippen LogP contribution is 2.39. The topological polar surface area (TPSA) is 0 Å². The minimum Gasteiger partial charge on any atom is -0.0683 e. The van der Waals surface area contributed by atoms with Gasteiger partial charge in [-0.25, -0.2) is 0 Å². The molecule has 80 valence electrons. The molecule has 2 rings (SSSR count). The summed E-state index contributed by atoms with van der Waals surface area (Å²) in [5.41, 5.74) is 2.90. The Morgan fingerprint density at radius 3 is 1.64 bits per heavy atom. The number of benzene rings is 1. The van der Waals surface area contributed by atoms with Gasteiger partial charge in [0.2, 0.25) is 0 Å². The van der Waals surface area contributed by atoms with Crippen molar-refractivity contribution in [2.24, 2.45) is 0 Å². The summed E-state index contributed by atoms with van der Waals surface area (Å²) in [6.07, 6.45) is 2.81. The molecule has 0 spiro atoms. The van der Waals surface area contributed by atoms with Gasteiger partial charge in [0.25, 0.3) is 0 Å². The third kappa shape index (κ3) is 4.45. The van der Waals surface area contributed by atoms with E-state index >= 15 is 0 Å². The maximum Gasteiger partial charge on any atom is -0.0162 e. The van der Waals surface area contributed by atoms with Gasteiger partial charge in [-0.15, -0.1) is 0 Å². The quantitative estimate of drug-likeness (QED) is 0.592. The fourth-order valence-corrected chi connectivity index (χ4v) is 1.26. The van der Waals surface area contributed by atoms with Gasteiger partial charge >= 0.3 is 0 Å². The van der Waals surface area contributed by atoms with E-state index in [9.17, 15) is 0 Å². The lowest BCUT2D eigenvalue weighted by Crippen LogP contribution is -1.77. The van der Waals surface area contributed by atoms with Gasteiger partial charge in [-0.05, 0) is 31.2 Å². The summed E-state index contributed by atoms with van der Waals surface area (Å²) in [5, 5.41) is 0. The van der Waals surface area contributed by atoms with Crippen LogP contribution in [0.15, 0.2) is 24.3 Å². The maximum absolute atomic E-state index is 2.26. The predicted molar refractivity (Wildman–Crippen MR) is 65.9 cm³/mol. The largest absolute Gasteiger partial charge is 0.0683 e. The number of hydrogen-bond donors (Lipinski definition) is 0. The lowest BCUT2D eigenvalue weighted by Gasteiger charge is -1.96. The molecule has 0 heterocycles. The summed E-state index contributed by atoms with van der Waals surface area (Å²) in [6, 6.07) is 8.92. The van der Waals surface area contributed by atoms with Gasteiger partial charge < -0.3 is 0 Å². The molecule has 1 saturated carbocycles. The van der Waals surface area contributed by atoms with E-state index < -0.39 is 0 Å². The van der Waals surface area contributed by atoms with E-state index in [1.165, 1.54) is 24.0 Å². The van der Waals surface area contributed by atoms with E-state index in [1.54, 1.807) is 0 Å². The molecule has 0 N–H and O–H groups in total. The Morgan fingerprint density at radius 2 is 1.29 bits per heavy atom. The highest BCUT2D eigenvalue weighted by Gasteiger charge is 2.22. The van der Waals surface area contributed by atoms with Crippen LogP contribution in [0.4, 0.5) is 0 Å². The van der Waals surface area contributed by atoms with Gasteiger partial charge in [-0.3, -0.25) is 0 Å². The molecule has 1 fully saturated rings. The van der Waals surface area contributed by atoms with Gasteiger partial charge in [-0.2, -0.15) is 0 Å². The first kappa shape index (κ1) is 13.2. The first-order valence-corrected chi connectivity index (χ1v) is 5.93. The second kappa shape index (κ2) is 7.61. The predicted octanol–water partition coefficient (Wildman–Crippen LogP) is 4.92. The van der Waals surface area contributed by atoms with Crippen LogP contribution in [0.3, 0.4) is 0 Å². The van der Waals surface area contributed by atoms with E-state index in [0.29, 0.717) is 0 Å². The van der Waals surface area contributed by atoms with Crippen LogP contribution in [-0.2, 0) is 0 Å². The third-order valence-corrected chi connectivity index (χ3v) is 2.13. The molecule has 0 unspecified atom stereocenters. The fourth-order valence-electron chi connectivity index (χ4n) is 1.26. The first-order chi connectivity index (χ1) is 6.86. The lowest BCUT2D eigenvalue weighted by molar-refractivity contribution is 1.13. The Bertz CT molecular complexity index is 216. The number of aryl methyl sites for hydroxylation is 1. The SMILES string of the molecule is CC.CC.Cc1ccc(C2CC2)cc1. The third-order valence-electron chi connectivity index (χ3n) is 2.13. The summed E-state index contributed by atoms with van der Waals surface area (Å²) >= 11 is 0. The summed E-state index contributed by atoms with van der Waals surface area (Å²) in [4.78, 5) is 0. The summed E-state index contributed by atoms with van der Waals surface area (Å²) in [5.74, 6) is 0.903. The molecule has 1 aromatic rings. The molecule has 0 amide bonds. The molecule has 1 aromatic carbocycles. The monoisotopic (exact) mass is 192 g/mol. The number of hydrogen-bond acceptors (Lipinski definition) is 0. The molecule has 0 bridgehead atoms. The van der Waals surface area contributed by atoms with Gasteiger partial charge in [0.1, 0.15) is 0 Å². The standard InChI is InChI=1S/C10H12.2C2H6/c1-8-2-4-9(5-3-8)10-6-7-10;2*1-2/h2-5,10H,6-7H2,1H3;2*1-2H3. The van der Waals surface area contributed by atoms with Crippen LogP contribution in [0.5, 0.6) is 0 Å². The van der Waals surface area contributed by atoms with Crippen molar-refractivity contribution in [3.63, 3.8) is 0 Å². The molecule has 0 atom stereocenters. The first-order valence-electron chi connectivity index (χ1n) is 5.93. The molecule has 0 aromatic heterocycles. The van der Waals surface area contributed by atoms with Crippen LogP contribution < -0.4 is 0 Å². The summed E-state index contributed by atoms with van der Waals surface area (Å²) in [7, 11) is 0. The van der Waals surface area contributed by atoms with Crippen molar-refractivity contribution in [1.82, 2.24) is 0 Å². The van der Waals surface area contributed by atoms with Crippen LogP contribution in [0.1, 0.15) is 57.6 Å². The molecule has 0 nitrogen and oxygen atoms in total. The molecule has 0 aliphatic heterocycles. The lowest BCUT2D eigenvalue weighted by atomic mass is 10.1. The Balaban J connectivity index is 0.000000379. The van der Waals surface area contributed by atoms with Crippen molar-refractivity contribution in [2.75, 3.05) is 0 Å². The average molecular weight is 192 g/mol. The van der Waals surface area contributed by atoms with Crippen molar-refractivity contribution in [3.8, 4) is 0 Å². The second-order valence-corrected chi connectivity index (χ2v) is 3.18. The van der Waals surface area contributed by atoms with Crippen LogP contribution in [0, 0.1) is 6.92 Å². The fraction of sp³-hybridized carbons (Fsp3) is 0.571. The zero-order valence-corrected chi connectivity index (χ0v) is 10.3. The molecule has 1 aliphatic carbocycles. The van der Waals surface area contributed by atoms with E-state index in [2.05, 4.69) is 31.2 Å². The molecule has 0 radical (unpaired) electrons. The smallest absolute Gasteiger partial charge is 0.0162 e. The van der Waals surface area contributed by atoms with Gasteiger partial charge in [-0.1, -0.05) is 57.5 Å². The highest BCUT2D eigenvalue weighted by atomic mass is 14.3. The van der Waals surface area contributed by atoms with E-state index in [1.807, 2.05) is 27.7 Å². The minimum absolute atomic E-state index is 0.903. The van der Waals surface area contributed by atoms with E-state index in [4.69, 9.17) is 0 Å². The summed E-state index contributed by atoms with van der Waals surface area (Å²) < 4.78 is 0. The number of rotatable bonds is 1. The van der Waals surface area contributed by atoms with Gasteiger partial charge in [0.15, 0.2) is 0 Å². The molecule has 14 heavy (non-hydrogen) atoms. The second-order valence-electron chi connectivity index (χ2n) is 3.18. The van der Waals surface area contributed by atoms with Crippen molar-refractivity contribution in [3.05, 3.63) is 35.4 Å². The van der Waals surface area contributed by atoms with Gasteiger partial charge in [0.05, 0.1) is 0 Å². The Morgan fingerprint density at radius 1 is 0.857 bits per heavy atom. The zero-order valence-electron chi connectivity index (χ0n) is 10.3. The molecule has 1 aliphatic rings.